The van der Waals surface area contributed by atoms with E-state index in [1.54, 1.807) is 11.0 Å². The first-order valence-corrected chi connectivity index (χ1v) is 8.21. The quantitative estimate of drug-likeness (QED) is 0.559. The molecule has 0 aliphatic rings. The highest BCUT2D eigenvalue weighted by Gasteiger charge is 2.23. The number of aromatic amines is 1. The largest absolute Gasteiger partial charge is 0.350 e. The summed E-state index contributed by atoms with van der Waals surface area (Å²) < 4.78 is 0. The Labute approximate surface area is 145 Å². The lowest BCUT2D eigenvalue weighted by atomic mass is 10.0. The number of nitrogens with one attached hydrogen (secondary N) is 1. The van der Waals surface area contributed by atoms with Crippen molar-refractivity contribution in [2.24, 2.45) is 0 Å². The van der Waals surface area contributed by atoms with Crippen LogP contribution >= 0.6 is 0 Å². The van der Waals surface area contributed by atoms with Crippen molar-refractivity contribution in [1.82, 2.24) is 9.88 Å². The molecule has 2 aromatic carbocycles. The molecule has 0 unspecified atom stereocenters. The summed E-state index contributed by atoms with van der Waals surface area (Å²) in [7, 11) is 0. The van der Waals surface area contributed by atoms with Gasteiger partial charge in [-0.2, -0.15) is 0 Å². The van der Waals surface area contributed by atoms with Gasteiger partial charge in [-0.25, -0.2) is 0 Å². The van der Waals surface area contributed by atoms with Crippen LogP contribution in [0.5, 0.6) is 0 Å². The van der Waals surface area contributed by atoms with Gasteiger partial charge in [0.15, 0.2) is 0 Å². The molecular weight excluding hydrogens is 318 g/mol. The van der Waals surface area contributed by atoms with Crippen LogP contribution in [0.15, 0.2) is 48.5 Å². The molecule has 1 aromatic heterocycles. The fourth-order valence-corrected chi connectivity index (χ4v) is 3.03. The van der Waals surface area contributed by atoms with E-state index in [0.29, 0.717) is 35.2 Å². The fourth-order valence-electron chi connectivity index (χ4n) is 3.03. The predicted octanol–water partition coefficient (Wildman–Crippen LogP) is 4.23. The van der Waals surface area contributed by atoms with Crippen LogP contribution in [0.3, 0.4) is 0 Å². The normalized spacial score (nSPS) is 10.8. The Morgan fingerprint density at radius 1 is 1.12 bits per heavy atom. The number of nitro benzene ring substituents is 1. The second kappa shape index (κ2) is 6.76. The summed E-state index contributed by atoms with van der Waals surface area (Å²) in [5.41, 5.74) is 2.73. The molecule has 1 heterocycles. The van der Waals surface area contributed by atoms with E-state index < -0.39 is 4.92 Å². The number of non-ortho nitro benzene ring substituents is 1. The lowest BCUT2D eigenvalue weighted by molar-refractivity contribution is -0.384. The van der Waals surface area contributed by atoms with Crippen LogP contribution in [-0.4, -0.2) is 33.8 Å². The SMILES string of the molecule is CCN(CC)C(=O)c1[nH]c2ccc([N+](=O)[O-])cc2c1-c1ccccc1. The number of fused-ring (bicyclic) bond motifs is 1. The van der Waals surface area contributed by atoms with E-state index in [1.165, 1.54) is 12.1 Å². The van der Waals surface area contributed by atoms with Gasteiger partial charge in [0.25, 0.3) is 11.6 Å². The van der Waals surface area contributed by atoms with Crippen molar-refractivity contribution in [3.05, 3.63) is 64.3 Å². The van der Waals surface area contributed by atoms with E-state index in [-0.39, 0.29) is 11.6 Å². The Hall–Kier alpha value is -3.15. The zero-order chi connectivity index (χ0) is 18.0. The van der Waals surface area contributed by atoms with Crippen molar-refractivity contribution in [3.63, 3.8) is 0 Å². The van der Waals surface area contributed by atoms with Crippen LogP contribution in [0.4, 0.5) is 5.69 Å². The summed E-state index contributed by atoms with van der Waals surface area (Å²) in [6.07, 6.45) is 0. The molecule has 3 aromatic rings. The molecule has 6 heteroatoms. The third kappa shape index (κ3) is 2.98. The minimum Gasteiger partial charge on any atom is -0.350 e. The van der Waals surface area contributed by atoms with Crippen LogP contribution in [0, 0.1) is 10.1 Å². The number of nitrogens with zero attached hydrogens (tertiary/aromatic N) is 2. The number of rotatable bonds is 5. The monoisotopic (exact) mass is 337 g/mol. The fraction of sp³-hybridized carbons (Fsp3) is 0.211. The highest BCUT2D eigenvalue weighted by molar-refractivity contribution is 6.10. The molecule has 0 fully saturated rings. The van der Waals surface area contributed by atoms with Crippen LogP contribution in [0.25, 0.3) is 22.0 Å². The van der Waals surface area contributed by atoms with Gasteiger partial charge in [-0.3, -0.25) is 14.9 Å². The van der Waals surface area contributed by atoms with E-state index >= 15 is 0 Å². The van der Waals surface area contributed by atoms with Crippen molar-refractivity contribution in [2.45, 2.75) is 13.8 Å². The molecule has 0 spiro atoms. The number of benzene rings is 2. The van der Waals surface area contributed by atoms with Crippen molar-refractivity contribution < 1.29 is 9.72 Å². The lowest BCUT2D eigenvalue weighted by Crippen LogP contribution is -2.31. The van der Waals surface area contributed by atoms with Crippen LogP contribution in [0.1, 0.15) is 24.3 Å². The third-order valence-electron chi connectivity index (χ3n) is 4.32. The summed E-state index contributed by atoms with van der Waals surface area (Å²) in [6, 6.07) is 14.1. The zero-order valence-electron chi connectivity index (χ0n) is 14.2. The Kier molecular flexibility index (Phi) is 4.52. The number of aromatic nitrogens is 1. The maximum Gasteiger partial charge on any atom is 0.270 e. The first-order chi connectivity index (χ1) is 12.1. The van der Waals surface area contributed by atoms with Crippen molar-refractivity contribution in [2.75, 3.05) is 13.1 Å². The molecular formula is C19H19N3O3. The van der Waals surface area contributed by atoms with E-state index in [4.69, 9.17) is 0 Å². The predicted molar refractivity (Wildman–Crippen MR) is 97.6 cm³/mol. The molecule has 0 aliphatic heterocycles. The molecule has 0 aliphatic carbocycles. The summed E-state index contributed by atoms with van der Waals surface area (Å²) >= 11 is 0. The summed E-state index contributed by atoms with van der Waals surface area (Å²) in [4.78, 5) is 28.6. The molecule has 25 heavy (non-hydrogen) atoms. The molecule has 6 nitrogen and oxygen atoms in total. The zero-order valence-corrected chi connectivity index (χ0v) is 14.2. The minimum absolute atomic E-state index is 0.00511. The van der Waals surface area contributed by atoms with E-state index in [0.717, 1.165) is 5.56 Å². The molecule has 0 saturated heterocycles. The standard InChI is InChI=1S/C19H19N3O3/c1-3-21(4-2)19(23)18-17(13-8-6-5-7-9-13)15-12-14(22(24)25)10-11-16(15)20-18/h5-12,20H,3-4H2,1-2H3. The Morgan fingerprint density at radius 3 is 2.40 bits per heavy atom. The van der Waals surface area contributed by atoms with Crippen molar-refractivity contribution in [1.29, 1.82) is 0 Å². The second-order valence-corrected chi connectivity index (χ2v) is 5.71. The molecule has 0 saturated carbocycles. The van der Waals surface area contributed by atoms with Gasteiger partial charge >= 0.3 is 0 Å². The van der Waals surface area contributed by atoms with Gasteiger partial charge in [0.2, 0.25) is 0 Å². The van der Waals surface area contributed by atoms with E-state index in [1.807, 2.05) is 44.2 Å². The van der Waals surface area contributed by atoms with Crippen LogP contribution < -0.4 is 0 Å². The summed E-state index contributed by atoms with van der Waals surface area (Å²) in [6.45, 7) is 5.05. The van der Waals surface area contributed by atoms with Gasteiger partial charge in [0, 0.05) is 41.7 Å². The number of hydrogen-bond acceptors (Lipinski definition) is 3. The van der Waals surface area contributed by atoms with Crippen LogP contribution in [0.2, 0.25) is 0 Å². The number of amides is 1. The minimum atomic E-state index is -0.424. The van der Waals surface area contributed by atoms with Gasteiger partial charge in [0.05, 0.1) is 4.92 Å². The highest BCUT2D eigenvalue weighted by Crippen LogP contribution is 2.35. The van der Waals surface area contributed by atoms with E-state index in [9.17, 15) is 14.9 Å². The van der Waals surface area contributed by atoms with Gasteiger partial charge < -0.3 is 9.88 Å². The summed E-state index contributed by atoms with van der Waals surface area (Å²) in [5, 5.41) is 11.8. The Morgan fingerprint density at radius 2 is 1.80 bits per heavy atom. The number of hydrogen-bond donors (Lipinski definition) is 1. The van der Waals surface area contributed by atoms with Gasteiger partial charge in [-0.1, -0.05) is 30.3 Å². The summed E-state index contributed by atoms with van der Waals surface area (Å²) in [5.74, 6) is -0.109. The smallest absolute Gasteiger partial charge is 0.270 e. The molecule has 0 bridgehead atoms. The number of carbonyl (C=O) groups is 1. The Balaban J connectivity index is 2.29. The molecule has 1 N–H and O–H groups in total. The van der Waals surface area contributed by atoms with Gasteiger partial charge in [-0.15, -0.1) is 0 Å². The Bertz CT molecular complexity index is 928. The first kappa shape index (κ1) is 16.7. The average Bonchev–Trinajstić information content (AvgIpc) is 3.01. The maximum absolute atomic E-state index is 13.0. The maximum atomic E-state index is 13.0. The van der Waals surface area contributed by atoms with Crippen molar-refractivity contribution >= 4 is 22.5 Å². The highest BCUT2D eigenvalue weighted by atomic mass is 16.6. The molecule has 0 radical (unpaired) electrons. The molecule has 128 valence electrons. The topological polar surface area (TPSA) is 79.2 Å². The van der Waals surface area contributed by atoms with Gasteiger partial charge in [-0.05, 0) is 25.5 Å². The second-order valence-electron chi connectivity index (χ2n) is 5.71. The molecule has 3 rings (SSSR count). The van der Waals surface area contributed by atoms with Gasteiger partial charge in [0.1, 0.15) is 5.69 Å². The molecule has 1 amide bonds. The van der Waals surface area contributed by atoms with Crippen molar-refractivity contribution in [3.8, 4) is 11.1 Å². The third-order valence-corrected chi connectivity index (χ3v) is 4.32. The number of H-pyrrole nitrogens is 1. The number of nitro groups is 1. The number of carbonyl (C=O) groups excluding carboxylic acids is 1. The van der Waals surface area contributed by atoms with Crippen LogP contribution in [-0.2, 0) is 0 Å². The first-order valence-electron chi connectivity index (χ1n) is 8.21. The lowest BCUT2D eigenvalue weighted by Gasteiger charge is -2.18. The average molecular weight is 337 g/mol. The van der Waals surface area contributed by atoms with E-state index in [2.05, 4.69) is 4.98 Å². The molecule has 0 atom stereocenters.